The van der Waals surface area contributed by atoms with E-state index in [0.717, 1.165) is 12.2 Å². The van der Waals surface area contributed by atoms with Gasteiger partial charge >= 0.3 is 0 Å². The van der Waals surface area contributed by atoms with E-state index in [9.17, 15) is 4.79 Å². The van der Waals surface area contributed by atoms with Crippen LogP contribution in [0.3, 0.4) is 0 Å². The summed E-state index contributed by atoms with van der Waals surface area (Å²) in [7, 11) is 0. The summed E-state index contributed by atoms with van der Waals surface area (Å²) in [5.74, 6) is 0.000651. The normalized spacial score (nSPS) is 11.4. The zero-order valence-corrected chi connectivity index (χ0v) is 10.7. The summed E-state index contributed by atoms with van der Waals surface area (Å²) < 4.78 is 0. The number of benzene rings is 1. The van der Waals surface area contributed by atoms with Crippen LogP contribution in [0.1, 0.15) is 19.4 Å². The van der Waals surface area contributed by atoms with Crippen molar-refractivity contribution in [2.24, 2.45) is 0 Å². The summed E-state index contributed by atoms with van der Waals surface area (Å²) in [5.41, 5.74) is 2.03. The molecule has 1 unspecified atom stereocenters. The highest BCUT2D eigenvalue weighted by Gasteiger charge is 2.10. The first kappa shape index (κ1) is 14.9. The molecule has 4 heteroatoms. The molecule has 0 bridgehead atoms. The van der Waals surface area contributed by atoms with E-state index in [-0.39, 0.29) is 24.4 Å². The number of carbonyl (C=O) groups is 1. The number of aryl methyl sites for hydroxylation is 1. The average Bonchev–Trinajstić information content (AvgIpc) is 2.22. The highest BCUT2D eigenvalue weighted by Crippen LogP contribution is 2.08. The number of nitrogens with one attached hydrogen (secondary N) is 2. The molecular weight excluding hydrogens is 224 g/mol. The van der Waals surface area contributed by atoms with E-state index in [4.69, 9.17) is 0 Å². The second kappa shape index (κ2) is 7.25. The fourth-order valence-electron chi connectivity index (χ4n) is 1.29. The SMILES string of the molecule is CCNC(C)C(=O)Nc1ccc(C)cc1.Cl. The van der Waals surface area contributed by atoms with Crippen LogP contribution in [0.4, 0.5) is 5.69 Å². The molecule has 1 amide bonds. The molecule has 0 aliphatic heterocycles. The Morgan fingerprint density at radius 3 is 2.38 bits per heavy atom. The predicted octanol–water partition coefficient (Wildman–Crippen LogP) is 2.35. The predicted molar refractivity (Wildman–Crippen MR) is 70.2 cm³/mol. The standard InChI is InChI=1S/C12H18N2O.ClH/c1-4-13-10(3)12(15)14-11-7-5-9(2)6-8-11;/h5-8,10,13H,4H2,1-3H3,(H,14,15);1H. The minimum absolute atomic E-state index is 0. The van der Waals surface area contributed by atoms with Crippen LogP contribution in [0.25, 0.3) is 0 Å². The largest absolute Gasteiger partial charge is 0.325 e. The van der Waals surface area contributed by atoms with Gasteiger partial charge < -0.3 is 10.6 Å². The van der Waals surface area contributed by atoms with E-state index in [1.165, 1.54) is 5.56 Å². The Bertz CT molecular complexity index is 324. The number of hydrogen-bond acceptors (Lipinski definition) is 2. The Morgan fingerprint density at radius 2 is 1.88 bits per heavy atom. The molecule has 0 aliphatic rings. The lowest BCUT2D eigenvalue weighted by atomic mass is 10.2. The number of amides is 1. The molecule has 1 atom stereocenters. The minimum Gasteiger partial charge on any atom is -0.325 e. The van der Waals surface area contributed by atoms with Gasteiger partial charge in [-0.15, -0.1) is 12.4 Å². The Kier molecular flexibility index (Phi) is 6.77. The van der Waals surface area contributed by atoms with E-state index < -0.39 is 0 Å². The summed E-state index contributed by atoms with van der Waals surface area (Å²) in [6.45, 7) is 6.65. The molecule has 0 spiro atoms. The smallest absolute Gasteiger partial charge is 0.241 e. The van der Waals surface area contributed by atoms with Gasteiger partial charge in [0.15, 0.2) is 0 Å². The Balaban J connectivity index is 0.00000225. The molecule has 1 aromatic carbocycles. The van der Waals surface area contributed by atoms with E-state index >= 15 is 0 Å². The summed E-state index contributed by atoms with van der Waals surface area (Å²) in [6.07, 6.45) is 0. The van der Waals surface area contributed by atoms with Crippen LogP contribution in [0.5, 0.6) is 0 Å². The summed E-state index contributed by atoms with van der Waals surface area (Å²) in [4.78, 5) is 11.6. The summed E-state index contributed by atoms with van der Waals surface area (Å²) >= 11 is 0. The van der Waals surface area contributed by atoms with Crippen molar-refractivity contribution in [3.63, 3.8) is 0 Å². The molecule has 16 heavy (non-hydrogen) atoms. The lowest BCUT2D eigenvalue weighted by Crippen LogP contribution is -2.37. The number of likely N-dealkylation sites (N-methyl/N-ethyl adjacent to an activating group) is 1. The molecule has 0 saturated carbocycles. The lowest BCUT2D eigenvalue weighted by Gasteiger charge is -2.12. The van der Waals surface area contributed by atoms with E-state index in [2.05, 4.69) is 10.6 Å². The van der Waals surface area contributed by atoms with Gasteiger partial charge in [0.05, 0.1) is 6.04 Å². The second-order valence-electron chi connectivity index (χ2n) is 3.63. The topological polar surface area (TPSA) is 41.1 Å². The van der Waals surface area contributed by atoms with Crippen LogP contribution in [0.2, 0.25) is 0 Å². The zero-order valence-electron chi connectivity index (χ0n) is 9.91. The van der Waals surface area contributed by atoms with E-state index in [0.29, 0.717) is 0 Å². The number of halogens is 1. The van der Waals surface area contributed by atoms with Crippen molar-refractivity contribution in [3.05, 3.63) is 29.8 Å². The third kappa shape index (κ3) is 4.64. The quantitative estimate of drug-likeness (QED) is 0.851. The van der Waals surface area contributed by atoms with Gasteiger partial charge in [0, 0.05) is 5.69 Å². The van der Waals surface area contributed by atoms with Crippen LogP contribution in [0, 0.1) is 6.92 Å². The minimum atomic E-state index is -0.156. The molecule has 2 N–H and O–H groups in total. The van der Waals surface area contributed by atoms with Crippen LogP contribution in [0.15, 0.2) is 24.3 Å². The zero-order chi connectivity index (χ0) is 11.3. The van der Waals surface area contributed by atoms with Gasteiger partial charge in [0.2, 0.25) is 5.91 Å². The molecule has 3 nitrogen and oxygen atoms in total. The van der Waals surface area contributed by atoms with Crippen molar-refractivity contribution in [1.29, 1.82) is 0 Å². The maximum absolute atomic E-state index is 11.6. The molecule has 0 radical (unpaired) electrons. The maximum atomic E-state index is 11.6. The molecule has 0 fully saturated rings. The van der Waals surface area contributed by atoms with Crippen molar-refractivity contribution in [1.82, 2.24) is 5.32 Å². The van der Waals surface area contributed by atoms with E-state index in [1.54, 1.807) is 0 Å². The summed E-state index contributed by atoms with van der Waals surface area (Å²) in [6, 6.07) is 7.62. The summed E-state index contributed by atoms with van der Waals surface area (Å²) in [5, 5.41) is 5.92. The first-order chi connectivity index (χ1) is 7.13. The molecule has 0 saturated heterocycles. The fraction of sp³-hybridized carbons (Fsp3) is 0.417. The van der Waals surface area contributed by atoms with Crippen molar-refractivity contribution in [2.45, 2.75) is 26.8 Å². The van der Waals surface area contributed by atoms with Crippen molar-refractivity contribution in [3.8, 4) is 0 Å². The van der Waals surface area contributed by atoms with Gasteiger partial charge in [0.25, 0.3) is 0 Å². The number of carbonyl (C=O) groups excluding carboxylic acids is 1. The van der Waals surface area contributed by atoms with Crippen molar-refractivity contribution < 1.29 is 4.79 Å². The third-order valence-corrected chi connectivity index (χ3v) is 2.22. The third-order valence-electron chi connectivity index (χ3n) is 2.22. The van der Waals surface area contributed by atoms with Gasteiger partial charge in [-0.3, -0.25) is 4.79 Å². The number of anilines is 1. The molecule has 0 aliphatic carbocycles. The fourth-order valence-corrected chi connectivity index (χ4v) is 1.29. The van der Waals surface area contributed by atoms with Crippen LogP contribution < -0.4 is 10.6 Å². The van der Waals surface area contributed by atoms with Gasteiger partial charge in [-0.2, -0.15) is 0 Å². The number of rotatable bonds is 4. The van der Waals surface area contributed by atoms with Gasteiger partial charge in [-0.25, -0.2) is 0 Å². The first-order valence-corrected chi connectivity index (χ1v) is 5.24. The van der Waals surface area contributed by atoms with Crippen LogP contribution in [-0.4, -0.2) is 18.5 Å². The molecule has 1 rings (SSSR count). The highest BCUT2D eigenvalue weighted by molar-refractivity contribution is 5.94. The van der Waals surface area contributed by atoms with E-state index in [1.807, 2.05) is 45.0 Å². The second-order valence-corrected chi connectivity index (χ2v) is 3.63. The average molecular weight is 243 g/mol. The molecule has 0 aromatic heterocycles. The van der Waals surface area contributed by atoms with Crippen molar-refractivity contribution >= 4 is 24.0 Å². The Labute approximate surface area is 103 Å². The van der Waals surface area contributed by atoms with Crippen LogP contribution in [-0.2, 0) is 4.79 Å². The molecular formula is C12H19ClN2O. The Hall–Kier alpha value is -1.06. The Morgan fingerprint density at radius 1 is 1.31 bits per heavy atom. The van der Waals surface area contributed by atoms with Gasteiger partial charge in [-0.05, 0) is 32.5 Å². The molecule has 90 valence electrons. The monoisotopic (exact) mass is 242 g/mol. The molecule has 1 aromatic rings. The van der Waals surface area contributed by atoms with Gasteiger partial charge in [-0.1, -0.05) is 24.6 Å². The van der Waals surface area contributed by atoms with Gasteiger partial charge in [0.1, 0.15) is 0 Å². The maximum Gasteiger partial charge on any atom is 0.241 e. The number of hydrogen-bond donors (Lipinski definition) is 2. The van der Waals surface area contributed by atoms with Crippen molar-refractivity contribution in [2.75, 3.05) is 11.9 Å². The highest BCUT2D eigenvalue weighted by atomic mass is 35.5. The van der Waals surface area contributed by atoms with Crippen LogP contribution >= 0.6 is 12.4 Å². The first-order valence-electron chi connectivity index (χ1n) is 5.24. The molecule has 0 heterocycles. The lowest BCUT2D eigenvalue weighted by molar-refractivity contribution is -0.117.